The smallest absolute Gasteiger partial charge is 0.224 e. The summed E-state index contributed by atoms with van der Waals surface area (Å²) in [5, 5.41) is 5.74. The van der Waals surface area contributed by atoms with E-state index in [0.29, 0.717) is 37.7 Å². The third kappa shape index (κ3) is 7.49. The van der Waals surface area contributed by atoms with Gasteiger partial charge < -0.3 is 20.1 Å². The van der Waals surface area contributed by atoms with Crippen molar-refractivity contribution >= 4 is 11.8 Å². The van der Waals surface area contributed by atoms with Gasteiger partial charge in [-0.3, -0.25) is 9.59 Å². The normalized spacial score (nSPS) is 11.4. The fraction of sp³-hybridized carbons (Fsp3) is 0.391. The Labute approximate surface area is 172 Å². The van der Waals surface area contributed by atoms with Crippen molar-refractivity contribution in [3.05, 3.63) is 59.7 Å². The zero-order valence-corrected chi connectivity index (χ0v) is 17.4. The molecule has 29 heavy (non-hydrogen) atoms. The molecule has 1 atom stereocenters. The molecular formula is C23H30N2O4. The van der Waals surface area contributed by atoms with Gasteiger partial charge in [0.1, 0.15) is 0 Å². The van der Waals surface area contributed by atoms with Gasteiger partial charge in [0, 0.05) is 13.0 Å². The minimum absolute atomic E-state index is 0.0927. The topological polar surface area (TPSA) is 76.7 Å². The molecule has 2 aromatic rings. The molecule has 6 nitrogen and oxygen atoms in total. The molecule has 0 spiro atoms. The van der Waals surface area contributed by atoms with Crippen LogP contribution in [0.2, 0.25) is 0 Å². The van der Waals surface area contributed by atoms with Gasteiger partial charge in [-0.05, 0) is 44.0 Å². The molecule has 0 aromatic heterocycles. The molecule has 2 aromatic carbocycles. The first-order valence-corrected chi connectivity index (χ1v) is 10.0. The quantitative estimate of drug-likeness (QED) is 0.608. The maximum absolute atomic E-state index is 12.2. The molecule has 6 heteroatoms. The number of ether oxygens (including phenoxy) is 2. The van der Waals surface area contributed by atoms with Crippen molar-refractivity contribution in [3.63, 3.8) is 0 Å². The van der Waals surface area contributed by atoms with E-state index < -0.39 is 0 Å². The fourth-order valence-corrected chi connectivity index (χ4v) is 2.89. The monoisotopic (exact) mass is 398 g/mol. The largest absolute Gasteiger partial charge is 0.490 e. The number of amides is 2. The van der Waals surface area contributed by atoms with E-state index in [-0.39, 0.29) is 24.3 Å². The van der Waals surface area contributed by atoms with E-state index >= 15 is 0 Å². The van der Waals surface area contributed by atoms with E-state index in [2.05, 4.69) is 10.6 Å². The van der Waals surface area contributed by atoms with Gasteiger partial charge in [0.15, 0.2) is 11.5 Å². The van der Waals surface area contributed by atoms with Crippen LogP contribution in [0.1, 0.15) is 44.4 Å². The lowest BCUT2D eigenvalue weighted by molar-refractivity contribution is -0.122. The first-order valence-electron chi connectivity index (χ1n) is 10.0. The van der Waals surface area contributed by atoms with Crippen molar-refractivity contribution in [1.29, 1.82) is 0 Å². The second kappa shape index (κ2) is 11.7. The highest BCUT2D eigenvalue weighted by atomic mass is 16.5. The van der Waals surface area contributed by atoms with Crippen LogP contribution in [0, 0.1) is 0 Å². The summed E-state index contributed by atoms with van der Waals surface area (Å²) in [6.07, 6.45) is 0.533. The fourth-order valence-electron chi connectivity index (χ4n) is 2.89. The number of benzene rings is 2. The predicted octanol–water partition coefficient (Wildman–Crippen LogP) is 3.41. The van der Waals surface area contributed by atoms with Gasteiger partial charge in [0.05, 0.1) is 25.7 Å². The van der Waals surface area contributed by atoms with Crippen LogP contribution in [-0.2, 0) is 16.0 Å². The SMILES string of the molecule is CCOc1ccc(C(C)NC(=O)CCNC(=O)Cc2ccccc2)cc1OCC. The number of hydrogen-bond donors (Lipinski definition) is 2. The molecule has 0 radical (unpaired) electrons. The first-order chi connectivity index (χ1) is 14.0. The van der Waals surface area contributed by atoms with Gasteiger partial charge in [0.2, 0.25) is 11.8 Å². The number of nitrogens with one attached hydrogen (secondary N) is 2. The van der Waals surface area contributed by atoms with Gasteiger partial charge in [0.25, 0.3) is 0 Å². The number of carbonyl (C=O) groups is 2. The Bertz CT molecular complexity index is 793. The molecule has 1 unspecified atom stereocenters. The molecule has 0 aliphatic rings. The molecule has 156 valence electrons. The Morgan fingerprint density at radius 1 is 0.931 bits per heavy atom. The molecule has 0 aliphatic carbocycles. The van der Waals surface area contributed by atoms with Crippen LogP contribution in [-0.4, -0.2) is 31.6 Å². The van der Waals surface area contributed by atoms with E-state index in [9.17, 15) is 9.59 Å². The van der Waals surface area contributed by atoms with Crippen molar-refractivity contribution in [2.45, 2.75) is 39.7 Å². The molecule has 0 aliphatic heterocycles. The maximum atomic E-state index is 12.2. The van der Waals surface area contributed by atoms with Crippen molar-refractivity contribution in [3.8, 4) is 11.5 Å². The average Bonchev–Trinajstić information content (AvgIpc) is 2.70. The zero-order valence-electron chi connectivity index (χ0n) is 17.4. The van der Waals surface area contributed by atoms with Crippen LogP contribution in [0.4, 0.5) is 0 Å². The molecular weight excluding hydrogens is 368 g/mol. The van der Waals surface area contributed by atoms with Crippen molar-refractivity contribution in [1.82, 2.24) is 10.6 Å². The second-order valence-corrected chi connectivity index (χ2v) is 6.62. The first kappa shape index (κ1) is 22.3. The Morgan fingerprint density at radius 2 is 1.62 bits per heavy atom. The number of hydrogen-bond acceptors (Lipinski definition) is 4. The number of carbonyl (C=O) groups excluding carboxylic acids is 2. The van der Waals surface area contributed by atoms with E-state index in [0.717, 1.165) is 11.1 Å². The summed E-state index contributed by atoms with van der Waals surface area (Å²) in [6.45, 7) is 7.15. The summed E-state index contributed by atoms with van der Waals surface area (Å²) >= 11 is 0. The van der Waals surface area contributed by atoms with E-state index in [1.54, 1.807) is 0 Å². The van der Waals surface area contributed by atoms with Crippen LogP contribution in [0.3, 0.4) is 0 Å². The van der Waals surface area contributed by atoms with E-state index in [4.69, 9.17) is 9.47 Å². The molecule has 0 fully saturated rings. The Morgan fingerprint density at radius 3 is 2.31 bits per heavy atom. The van der Waals surface area contributed by atoms with Crippen molar-refractivity contribution < 1.29 is 19.1 Å². The predicted molar refractivity (Wildman–Crippen MR) is 113 cm³/mol. The molecule has 2 rings (SSSR count). The van der Waals surface area contributed by atoms with Crippen molar-refractivity contribution in [2.24, 2.45) is 0 Å². The highest BCUT2D eigenvalue weighted by Gasteiger charge is 2.13. The van der Waals surface area contributed by atoms with Crippen molar-refractivity contribution in [2.75, 3.05) is 19.8 Å². The summed E-state index contributed by atoms with van der Waals surface area (Å²) in [6, 6.07) is 15.0. The lowest BCUT2D eigenvalue weighted by Gasteiger charge is -2.17. The zero-order chi connectivity index (χ0) is 21.1. The summed E-state index contributed by atoms with van der Waals surface area (Å²) in [4.78, 5) is 24.2. The third-order valence-electron chi connectivity index (χ3n) is 4.33. The third-order valence-corrected chi connectivity index (χ3v) is 4.33. The van der Waals surface area contributed by atoms with Gasteiger partial charge >= 0.3 is 0 Å². The maximum Gasteiger partial charge on any atom is 0.224 e. The standard InChI is InChI=1S/C23H30N2O4/c1-4-28-20-12-11-19(16-21(20)29-5-2)17(3)25-22(26)13-14-24-23(27)15-18-9-7-6-8-10-18/h6-12,16-17H,4-5,13-15H2,1-3H3,(H,24,27)(H,25,26). The minimum atomic E-state index is -0.183. The highest BCUT2D eigenvalue weighted by Crippen LogP contribution is 2.30. The Balaban J connectivity index is 1.80. The molecule has 2 amide bonds. The van der Waals surface area contributed by atoms with Crippen LogP contribution in [0.15, 0.2) is 48.5 Å². The van der Waals surface area contributed by atoms with Gasteiger partial charge in [-0.25, -0.2) is 0 Å². The lowest BCUT2D eigenvalue weighted by Crippen LogP contribution is -2.32. The Hall–Kier alpha value is -3.02. The lowest BCUT2D eigenvalue weighted by atomic mass is 10.1. The van der Waals surface area contributed by atoms with Crippen LogP contribution >= 0.6 is 0 Å². The summed E-state index contributed by atoms with van der Waals surface area (Å²) in [5.74, 6) is 1.15. The van der Waals surface area contributed by atoms with E-state index in [1.807, 2.05) is 69.3 Å². The molecule has 0 heterocycles. The average molecular weight is 399 g/mol. The summed E-state index contributed by atoms with van der Waals surface area (Å²) in [5.41, 5.74) is 1.88. The summed E-state index contributed by atoms with van der Waals surface area (Å²) in [7, 11) is 0. The summed E-state index contributed by atoms with van der Waals surface area (Å²) < 4.78 is 11.2. The van der Waals surface area contributed by atoms with Gasteiger partial charge in [-0.15, -0.1) is 0 Å². The van der Waals surface area contributed by atoms with Crippen LogP contribution < -0.4 is 20.1 Å². The highest BCUT2D eigenvalue weighted by molar-refractivity contribution is 5.80. The Kier molecular flexibility index (Phi) is 9.02. The molecule has 0 saturated carbocycles. The number of rotatable bonds is 11. The second-order valence-electron chi connectivity index (χ2n) is 6.62. The van der Waals surface area contributed by atoms with Gasteiger partial charge in [-0.2, -0.15) is 0 Å². The molecule has 0 saturated heterocycles. The van der Waals surface area contributed by atoms with Gasteiger partial charge in [-0.1, -0.05) is 36.4 Å². The molecule has 2 N–H and O–H groups in total. The minimum Gasteiger partial charge on any atom is -0.490 e. The van der Waals surface area contributed by atoms with Crippen LogP contribution in [0.5, 0.6) is 11.5 Å². The molecule has 0 bridgehead atoms. The van der Waals surface area contributed by atoms with E-state index in [1.165, 1.54) is 0 Å². The van der Waals surface area contributed by atoms with Crippen LogP contribution in [0.25, 0.3) is 0 Å².